The lowest BCUT2D eigenvalue weighted by Gasteiger charge is -2.12. The molecule has 2 aromatic carbocycles. The van der Waals surface area contributed by atoms with E-state index in [4.69, 9.17) is 4.74 Å². The molecule has 0 unspecified atom stereocenters. The van der Waals surface area contributed by atoms with Crippen molar-refractivity contribution in [3.8, 4) is 11.3 Å². The number of rotatable bonds is 7. The maximum atomic E-state index is 12.6. The number of thiazole rings is 1. The Balaban J connectivity index is 1.41. The number of ether oxygens (including phenoxy) is 1. The molecule has 7 nitrogen and oxygen atoms in total. The predicted molar refractivity (Wildman–Crippen MR) is 121 cm³/mol. The third-order valence-electron chi connectivity index (χ3n) is 4.99. The number of sulfonamides is 1. The second-order valence-electron chi connectivity index (χ2n) is 7.30. The molecule has 2 heterocycles. The summed E-state index contributed by atoms with van der Waals surface area (Å²) < 4.78 is 32.9. The lowest BCUT2D eigenvalue weighted by Crippen LogP contribution is -2.31. The van der Waals surface area contributed by atoms with Gasteiger partial charge in [-0.25, -0.2) is 18.1 Å². The van der Waals surface area contributed by atoms with Crippen LogP contribution in [0.5, 0.6) is 0 Å². The van der Waals surface area contributed by atoms with E-state index in [1.54, 1.807) is 17.4 Å². The average Bonchev–Trinajstić information content (AvgIpc) is 3.44. The molecule has 2 N–H and O–H groups in total. The summed E-state index contributed by atoms with van der Waals surface area (Å²) in [4.78, 5) is 17.2. The van der Waals surface area contributed by atoms with Crippen molar-refractivity contribution in [1.82, 2.24) is 9.71 Å². The first-order valence-electron chi connectivity index (χ1n) is 9.96. The van der Waals surface area contributed by atoms with Gasteiger partial charge in [-0.1, -0.05) is 12.1 Å². The van der Waals surface area contributed by atoms with E-state index in [1.165, 1.54) is 24.3 Å². The molecule has 1 aromatic heterocycles. The smallest absolute Gasteiger partial charge is 0.255 e. The van der Waals surface area contributed by atoms with Crippen molar-refractivity contribution in [2.45, 2.75) is 30.8 Å². The largest absolute Gasteiger partial charge is 0.377 e. The fourth-order valence-electron chi connectivity index (χ4n) is 3.33. The molecule has 31 heavy (non-hydrogen) atoms. The highest BCUT2D eigenvalue weighted by Gasteiger charge is 2.20. The highest BCUT2D eigenvalue weighted by Crippen LogP contribution is 2.24. The molecule has 1 amide bonds. The van der Waals surface area contributed by atoms with Gasteiger partial charge < -0.3 is 10.1 Å². The summed E-state index contributed by atoms with van der Waals surface area (Å²) in [6, 6.07) is 13.3. The average molecular weight is 458 g/mol. The molecule has 0 saturated carbocycles. The zero-order chi connectivity index (χ0) is 21.8. The van der Waals surface area contributed by atoms with Gasteiger partial charge in [0.25, 0.3) is 5.91 Å². The number of carbonyl (C=O) groups excluding carboxylic acids is 1. The molecule has 1 saturated heterocycles. The third-order valence-corrected chi connectivity index (χ3v) is 7.20. The SMILES string of the molecule is Cc1nc(-c2cccc(NC(=O)c3ccc(S(=O)(=O)NC[C@H]4CCCO4)cc3)c2)cs1. The Kier molecular flexibility index (Phi) is 6.47. The Labute approximate surface area is 185 Å². The molecule has 1 aliphatic heterocycles. The van der Waals surface area contributed by atoms with Gasteiger partial charge in [0, 0.05) is 35.3 Å². The lowest BCUT2D eigenvalue weighted by molar-refractivity contribution is 0.102. The van der Waals surface area contributed by atoms with Gasteiger partial charge in [0.1, 0.15) is 0 Å². The normalized spacial score (nSPS) is 16.4. The minimum Gasteiger partial charge on any atom is -0.377 e. The number of carbonyl (C=O) groups is 1. The van der Waals surface area contributed by atoms with E-state index >= 15 is 0 Å². The highest BCUT2D eigenvalue weighted by molar-refractivity contribution is 7.89. The number of aromatic nitrogens is 1. The maximum Gasteiger partial charge on any atom is 0.255 e. The number of nitrogens with one attached hydrogen (secondary N) is 2. The Morgan fingerprint density at radius 2 is 2.03 bits per heavy atom. The molecule has 4 rings (SSSR count). The quantitative estimate of drug-likeness (QED) is 0.562. The van der Waals surface area contributed by atoms with Crippen molar-refractivity contribution in [3.63, 3.8) is 0 Å². The van der Waals surface area contributed by atoms with E-state index in [0.29, 0.717) is 17.9 Å². The number of amides is 1. The van der Waals surface area contributed by atoms with Crippen molar-refractivity contribution in [1.29, 1.82) is 0 Å². The van der Waals surface area contributed by atoms with Crippen LogP contribution >= 0.6 is 11.3 Å². The summed E-state index contributed by atoms with van der Waals surface area (Å²) in [5.74, 6) is -0.317. The second kappa shape index (κ2) is 9.27. The van der Waals surface area contributed by atoms with Crippen molar-refractivity contribution in [2.24, 2.45) is 0 Å². The Morgan fingerprint density at radius 3 is 2.71 bits per heavy atom. The van der Waals surface area contributed by atoms with E-state index in [2.05, 4.69) is 15.0 Å². The van der Waals surface area contributed by atoms with Gasteiger partial charge in [-0.3, -0.25) is 4.79 Å². The van der Waals surface area contributed by atoms with Gasteiger partial charge in [-0.2, -0.15) is 0 Å². The van der Waals surface area contributed by atoms with Crippen LogP contribution in [0.25, 0.3) is 11.3 Å². The van der Waals surface area contributed by atoms with Crippen LogP contribution in [0.1, 0.15) is 28.2 Å². The minimum absolute atomic E-state index is 0.0798. The van der Waals surface area contributed by atoms with Crippen LogP contribution in [0.3, 0.4) is 0 Å². The molecular weight excluding hydrogens is 434 g/mol. The summed E-state index contributed by atoms with van der Waals surface area (Å²) >= 11 is 1.57. The number of hydrogen-bond acceptors (Lipinski definition) is 6. The Morgan fingerprint density at radius 1 is 1.23 bits per heavy atom. The third kappa shape index (κ3) is 5.37. The van der Waals surface area contributed by atoms with Crippen LogP contribution in [0.15, 0.2) is 58.8 Å². The monoisotopic (exact) mass is 457 g/mol. The van der Waals surface area contributed by atoms with E-state index in [-0.39, 0.29) is 23.5 Å². The highest BCUT2D eigenvalue weighted by atomic mass is 32.2. The van der Waals surface area contributed by atoms with Gasteiger partial charge >= 0.3 is 0 Å². The molecule has 0 spiro atoms. The number of aryl methyl sites for hydroxylation is 1. The molecule has 1 aliphatic rings. The molecule has 1 atom stereocenters. The second-order valence-corrected chi connectivity index (χ2v) is 10.1. The molecule has 0 radical (unpaired) electrons. The van der Waals surface area contributed by atoms with Crippen LogP contribution in [-0.4, -0.2) is 38.6 Å². The number of anilines is 1. The number of nitrogens with zero attached hydrogens (tertiary/aromatic N) is 1. The topological polar surface area (TPSA) is 97.4 Å². The molecular formula is C22H23N3O4S2. The van der Waals surface area contributed by atoms with E-state index < -0.39 is 10.0 Å². The van der Waals surface area contributed by atoms with Crippen molar-refractivity contribution >= 4 is 33.0 Å². The van der Waals surface area contributed by atoms with Crippen molar-refractivity contribution in [3.05, 3.63) is 64.5 Å². The van der Waals surface area contributed by atoms with Gasteiger partial charge in [0.15, 0.2) is 0 Å². The van der Waals surface area contributed by atoms with Crippen molar-refractivity contribution in [2.75, 3.05) is 18.5 Å². The first-order chi connectivity index (χ1) is 14.9. The van der Waals surface area contributed by atoms with E-state index in [9.17, 15) is 13.2 Å². The zero-order valence-electron chi connectivity index (χ0n) is 17.0. The van der Waals surface area contributed by atoms with Crippen LogP contribution in [0.4, 0.5) is 5.69 Å². The molecule has 0 bridgehead atoms. The van der Waals surface area contributed by atoms with Crippen molar-refractivity contribution < 1.29 is 17.9 Å². The lowest BCUT2D eigenvalue weighted by atomic mass is 10.1. The Hall–Kier alpha value is -2.59. The predicted octanol–water partition coefficient (Wildman–Crippen LogP) is 3.83. The fourth-order valence-corrected chi connectivity index (χ4v) is 5.02. The summed E-state index contributed by atoms with van der Waals surface area (Å²) in [5.41, 5.74) is 2.79. The summed E-state index contributed by atoms with van der Waals surface area (Å²) in [6.07, 6.45) is 1.72. The van der Waals surface area contributed by atoms with Crippen LogP contribution in [-0.2, 0) is 14.8 Å². The molecule has 0 aliphatic carbocycles. The van der Waals surface area contributed by atoms with Gasteiger partial charge in [0.05, 0.1) is 21.7 Å². The van der Waals surface area contributed by atoms with Crippen LogP contribution in [0, 0.1) is 6.92 Å². The van der Waals surface area contributed by atoms with Gasteiger partial charge in [0.2, 0.25) is 10.0 Å². The van der Waals surface area contributed by atoms with Crippen LogP contribution in [0.2, 0.25) is 0 Å². The van der Waals surface area contributed by atoms with Gasteiger partial charge in [-0.15, -0.1) is 11.3 Å². The first kappa shape index (κ1) is 21.6. The molecule has 1 fully saturated rings. The minimum atomic E-state index is -3.65. The zero-order valence-corrected chi connectivity index (χ0v) is 18.6. The molecule has 9 heteroatoms. The van der Waals surface area contributed by atoms with E-state index in [0.717, 1.165) is 29.1 Å². The molecule has 3 aromatic rings. The fraction of sp³-hybridized carbons (Fsp3) is 0.273. The van der Waals surface area contributed by atoms with Crippen LogP contribution < -0.4 is 10.0 Å². The standard InChI is InChI=1S/C22H23N3O4S2/c1-15-24-21(14-30-15)17-4-2-5-18(12-17)25-22(26)16-7-9-20(10-8-16)31(27,28)23-13-19-6-3-11-29-19/h2,4-5,7-10,12,14,19,23H,3,6,11,13H2,1H3,(H,25,26)/t19-/m1/s1. The summed E-state index contributed by atoms with van der Waals surface area (Å²) in [5, 5.41) is 5.80. The Bertz CT molecular complexity index is 1170. The number of benzene rings is 2. The van der Waals surface area contributed by atoms with E-state index in [1.807, 2.05) is 30.5 Å². The number of hydrogen-bond donors (Lipinski definition) is 2. The first-order valence-corrected chi connectivity index (χ1v) is 12.3. The maximum absolute atomic E-state index is 12.6. The molecule has 162 valence electrons. The van der Waals surface area contributed by atoms with Gasteiger partial charge in [-0.05, 0) is 56.2 Å². The summed E-state index contributed by atoms with van der Waals surface area (Å²) in [6.45, 7) is 2.86. The summed E-state index contributed by atoms with van der Waals surface area (Å²) in [7, 11) is -3.65.